The number of nitrogens with one attached hydrogen (secondary N) is 1. The fourth-order valence-corrected chi connectivity index (χ4v) is 4.19. The van der Waals surface area contributed by atoms with E-state index in [9.17, 15) is 9.59 Å². The maximum Gasteiger partial charge on any atom is 0.255 e. The number of carbonyl (C=O) groups is 2. The first-order valence-corrected chi connectivity index (χ1v) is 10.1. The van der Waals surface area contributed by atoms with Crippen LogP contribution in [0.5, 0.6) is 5.75 Å². The maximum atomic E-state index is 12.9. The Labute approximate surface area is 174 Å². The Hall–Kier alpha value is -3.54. The quantitative estimate of drug-likeness (QED) is 0.705. The lowest BCUT2D eigenvalue weighted by atomic mass is 10.0. The molecule has 0 aliphatic carbocycles. The van der Waals surface area contributed by atoms with E-state index in [4.69, 9.17) is 9.15 Å². The number of hydrogen-bond acceptors (Lipinski definition) is 4. The number of rotatable bonds is 5. The molecule has 3 aromatic rings. The van der Waals surface area contributed by atoms with Crippen LogP contribution in [-0.4, -0.2) is 29.4 Å². The van der Waals surface area contributed by atoms with Gasteiger partial charge in [0.05, 0.1) is 13.2 Å². The van der Waals surface area contributed by atoms with E-state index in [2.05, 4.69) is 11.9 Å². The summed E-state index contributed by atoms with van der Waals surface area (Å²) < 4.78 is 11.9. The van der Waals surface area contributed by atoms with Gasteiger partial charge in [-0.25, -0.2) is 0 Å². The van der Waals surface area contributed by atoms with Gasteiger partial charge in [-0.15, -0.1) is 0 Å². The molecule has 2 aromatic carbocycles. The van der Waals surface area contributed by atoms with Gasteiger partial charge < -0.3 is 19.4 Å². The molecule has 1 aromatic heterocycles. The molecule has 0 radical (unpaired) electrons. The van der Waals surface area contributed by atoms with Crippen LogP contribution in [0.15, 0.2) is 65.2 Å². The summed E-state index contributed by atoms with van der Waals surface area (Å²) in [5, 5.41) is 3.83. The molecule has 0 saturated carbocycles. The first-order chi connectivity index (χ1) is 14.6. The topological polar surface area (TPSA) is 71.8 Å². The molecule has 6 heteroatoms. The van der Waals surface area contributed by atoms with Crippen molar-refractivity contribution in [3.05, 3.63) is 77.7 Å². The third-order valence-electron chi connectivity index (χ3n) is 5.73. The van der Waals surface area contributed by atoms with Crippen molar-refractivity contribution in [2.45, 2.75) is 31.8 Å². The predicted octanol–water partition coefficient (Wildman–Crippen LogP) is 3.80. The summed E-state index contributed by atoms with van der Waals surface area (Å²) >= 11 is 0. The molecule has 3 heterocycles. The first-order valence-electron chi connectivity index (χ1n) is 10.1. The fraction of sp³-hybridized carbons (Fsp3) is 0.250. The Morgan fingerprint density at radius 1 is 1.17 bits per heavy atom. The van der Waals surface area contributed by atoms with E-state index >= 15 is 0 Å². The van der Waals surface area contributed by atoms with E-state index in [-0.39, 0.29) is 11.8 Å². The maximum absolute atomic E-state index is 12.9. The molecule has 0 bridgehead atoms. The van der Waals surface area contributed by atoms with Gasteiger partial charge in [0.2, 0.25) is 5.91 Å². The lowest BCUT2D eigenvalue weighted by Gasteiger charge is -2.31. The summed E-state index contributed by atoms with van der Waals surface area (Å²) in [5.74, 6) is 1.25. The minimum absolute atomic E-state index is 0.125. The van der Waals surface area contributed by atoms with Crippen LogP contribution in [0.25, 0.3) is 11.0 Å². The van der Waals surface area contributed by atoms with E-state index < -0.39 is 6.04 Å². The summed E-state index contributed by atoms with van der Waals surface area (Å²) in [6, 6.07) is 14.9. The lowest BCUT2D eigenvalue weighted by Crippen LogP contribution is -2.49. The Kier molecular flexibility index (Phi) is 4.54. The zero-order valence-corrected chi connectivity index (χ0v) is 16.5. The predicted molar refractivity (Wildman–Crippen MR) is 112 cm³/mol. The third kappa shape index (κ3) is 3.24. The summed E-state index contributed by atoms with van der Waals surface area (Å²) in [7, 11) is 0. The molecule has 1 atom stereocenters. The molecular weight excluding hydrogens is 380 g/mol. The fourth-order valence-electron chi connectivity index (χ4n) is 4.19. The molecule has 1 unspecified atom stereocenters. The number of allylic oxidation sites excluding steroid dienone is 1. The molecular formula is C24H22N2O4. The van der Waals surface area contributed by atoms with E-state index in [1.54, 1.807) is 11.0 Å². The summed E-state index contributed by atoms with van der Waals surface area (Å²) in [6.45, 7) is 4.62. The summed E-state index contributed by atoms with van der Waals surface area (Å²) in [4.78, 5) is 26.9. The zero-order chi connectivity index (χ0) is 20.7. The number of benzene rings is 2. The van der Waals surface area contributed by atoms with Gasteiger partial charge in [-0.05, 0) is 37.1 Å². The van der Waals surface area contributed by atoms with Gasteiger partial charge in [0.15, 0.2) is 0 Å². The minimum atomic E-state index is -0.473. The van der Waals surface area contributed by atoms with Crippen LogP contribution < -0.4 is 10.1 Å². The number of nitrogens with zero attached hydrogens (tertiary/aromatic N) is 1. The molecule has 5 rings (SSSR count). The largest absolute Gasteiger partial charge is 0.493 e. The Bertz CT molecular complexity index is 1130. The van der Waals surface area contributed by atoms with Crippen molar-refractivity contribution in [2.24, 2.45) is 0 Å². The Morgan fingerprint density at radius 2 is 2.03 bits per heavy atom. The molecule has 1 saturated heterocycles. The van der Waals surface area contributed by atoms with Gasteiger partial charge >= 0.3 is 0 Å². The van der Waals surface area contributed by atoms with Gasteiger partial charge in [-0.2, -0.15) is 0 Å². The zero-order valence-electron chi connectivity index (χ0n) is 16.5. The van der Waals surface area contributed by atoms with Crippen LogP contribution in [0.1, 0.15) is 34.5 Å². The Morgan fingerprint density at radius 3 is 2.87 bits per heavy atom. The second-order valence-corrected chi connectivity index (χ2v) is 7.71. The van der Waals surface area contributed by atoms with E-state index in [1.807, 2.05) is 42.5 Å². The van der Waals surface area contributed by atoms with Gasteiger partial charge in [-0.1, -0.05) is 30.8 Å². The number of hydrogen-bond donors (Lipinski definition) is 1. The molecule has 2 aliphatic heterocycles. The van der Waals surface area contributed by atoms with Crippen molar-refractivity contribution in [2.75, 3.05) is 6.61 Å². The van der Waals surface area contributed by atoms with E-state index in [0.29, 0.717) is 49.4 Å². The number of fused-ring (bicyclic) bond motifs is 2. The van der Waals surface area contributed by atoms with Crippen LogP contribution in [0.4, 0.5) is 0 Å². The van der Waals surface area contributed by atoms with Crippen LogP contribution in [0.2, 0.25) is 0 Å². The van der Waals surface area contributed by atoms with Crippen molar-refractivity contribution in [1.29, 1.82) is 0 Å². The highest BCUT2D eigenvalue weighted by atomic mass is 16.5. The standard InChI is InChI=1S/C24H22N2O4/c1-15-9-10-20(23(27)25-15)26-14-19-18(24(26)28)6-4-8-22(19)29-12-11-17-13-16-5-2-3-7-21(16)30-17/h2-8,13,20H,1,9-12,14H2,(H,25,27). The number of para-hydroxylation sites is 1. The monoisotopic (exact) mass is 402 g/mol. The normalized spacial score (nSPS) is 18.6. The van der Waals surface area contributed by atoms with Crippen LogP contribution in [0, 0.1) is 0 Å². The highest BCUT2D eigenvalue weighted by Crippen LogP contribution is 2.34. The molecule has 2 aliphatic rings. The number of amides is 2. The van der Waals surface area contributed by atoms with Crippen molar-refractivity contribution in [3.63, 3.8) is 0 Å². The van der Waals surface area contributed by atoms with Gasteiger partial charge in [0.25, 0.3) is 5.91 Å². The third-order valence-corrected chi connectivity index (χ3v) is 5.73. The van der Waals surface area contributed by atoms with Crippen LogP contribution >= 0.6 is 0 Å². The van der Waals surface area contributed by atoms with Crippen molar-refractivity contribution >= 4 is 22.8 Å². The smallest absolute Gasteiger partial charge is 0.255 e. The average molecular weight is 402 g/mol. The molecule has 1 N–H and O–H groups in total. The van der Waals surface area contributed by atoms with E-state index in [1.165, 1.54) is 0 Å². The number of furan rings is 1. The second kappa shape index (κ2) is 7.37. The molecule has 1 fully saturated rings. The molecule has 0 spiro atoms. The number of piperidine rings is 1. The van der Waals surface area contributed by atoms with Crippen molar-refractivity contribution in [1.82, 2.24) is 10.2 Å². The second-order valence-electron chi connectivity index (χ2n) is 7.71. The molecule has 2 amide bonds. The van der Waals surface area contributed by atoms with Gasteiger partial charge in [-0.3, -0.25) is 9.59 Å². The van der Waals surface area contributed by atoms with Gasteiger partial charge in [0.1, 0.15) is 23.1 Å². The lowest BCUT2D eigenvalue weighted by molar-refractivity contribution is -0.126. The molecule has 30 heavy (non-hydrogen) atoms. The van der Waals surface area contributed by atoms with Crippen molar-refractivity contribution in [3.8, 4) is 5.75 Å². The summed E-state index contributed by atoms with van der Waals surface area (Å²) in [6.07, 6.45) is 1.90. The van der Waals surface area contributed by atoms with Crippen LogP contribution in [-0.2, 0) is 17.8 Å². The Balaban J connectivity index is 1.29. The number of carbonyl (C=O) groups excluding carboxylic acids is 2. The highest BCUT2D eigenvalue weighted by molar-refractivity contribution is 6.02. The van der Waals surface area contributed by atoms with E-state index in [0.717, 1.165) is 22.3 Å². The molecule has 6 nitrogen and oxygen atoms in total. The minimum Gasteiger partial charge on any atom is -0.493 e. The first kappa shape index (κ1) is 18.5. The number of ether oxygens (including phenoxy) is 1. The summed E-state index contributed by atoms with van der Waals surface area (Å²) in [5.41, 5.74) is 3.01. The average Bonchev–Trinajstić information content (AvgIpc) is 3.30. The van der Waals surface area contributed by atoms with Crippen molar-refractivity contribution < 1.29 is 18.7 Å². The molecule has 152 valence electrons. The highest BCUT2D eigenvalue weighted by Gasteiger charge is 2.39. The van der Waals surface area contributed by atoms with Gasteiger partial charge in [0, 0.05) is 28.6 Å². The van der Waals surface area contributed by atoms with Crippen LogP contribution in [0.3, 0.4) is 0 Å². The SMILES string of the molecule is C=C1CCC(N2Cc3c(OCCc4cc5ccccc5o4)cccc3C2=O)C(=O)N1.